The summed E-state index contributed by atoms with van der Waals surface area (Å²) in [5, 5.41) is 4.65. The Morgan fingerprint density at radius 3 is 2.71 bits per heavy atom. The number of halogens is 2. The van der Waals surface area contributed by atoms with Gasteiger partial charge in [0.2, 0.25) is 0 Å². The van der Waals surface area contributed by atoms with Gasteiger partial charge < -0.3 is 5.73 Å². The van der Waals surface area contributed by atoms with Crippen LogP contribution in [0.4, 0.5) is 10.1 Å². The molecule has 0 saturated heterocycles. The summed E-state index contributed by atoms with van der Waals surface area (Å²) in [4.78, 5) is 0. The molecule has 0 fully saturated rings. The van der Waals surface area contributed by atoms with E-state index in [2.05, 4.69) is 5.10 Å². The number of hydrogen-bond acceptors (Lipinski definition) is 2. The fraction of sp³-hybridized carbons (Fsp3) is 0.0625. The molecule has 3 aromatic rings. The third kappa shape index (κ3) is 2.90. The largest absolute Gasteiger partial charge is 0.399 e. The van der Waals surface area contributed by atoms with Crippen LogP contribution in [0.2, 0.25) is 5.02 Å². The molecule has 1 aromatic heterocycles. The first-order valence-corrected chi connectivity index (χ1v) is 6.82. The summed E-state index contributed by atoms with van der Waals surface area (Å²) in [7, 11) is 0. The van der Waals surface area contributed by atoms with Crippen LogP contribution in [0.15, 0.2) is 54.9 Å². The average Bonchev–Trinajstić information content (AvgIpc) is 2.92. The Hall–Kier alpha value is -2.33. The van der Waals surface area contributed by atoms with Crippen LogP contribution in [0.5, 0.6) is 0 Å². The van der Waals surface area contributed by atoms with E-state index in [1.54, 1.807) is 23.0 Å². The van der Waals surface area contributed by atoms with Crippen molar-refractivity contribution in [3.05, 3.63) is 71.3 Å². The predicted octanol–water partition coefficient (Wildman–Crippen LogP) is 3.97. The molecule has 0 aliphatic rings. The second-order valence-corrected chi connectivity index (χ2v) is 5.16. The van der Waals surface area contributed by atoms with Gasteiger partial charge in [0.15, 0.2) is 0 Å². The number of nitrogen functional groups attached to an aromatic ring is 1. The zero-order valence-corrected chi connectivity index (χ0v) is 11.9. The van der Waals surface area contributed by atoms with Crippen LogP contribution in [0.25, 0.3) is 11.1 Å². The molecule has 2 N–H and O–H groups in total. The smallest absolute Gasteiger partial charge is 0.129 e. The molecule has 3 nitrogen and oxygen atoms in total. The van der Waals surface area contributed by atoms with Crippen molar-refractivity contribution in [2.45, 2.75) is 6.54 Å². The zero-order valence-electron chi connectivity index (χ0n) is 11.1. The fourth-order valence-electron chi connectivity index (χ4n) is 2.16. The molecule has 0 amide bonds. The highest BCUT2D eigenvalue weighted by Gasteiger charge is 2.09. The lowest BCUT2D eigenvalue weighted by Crippen LogP contribution is -2.02. The van der Waals surface area contributed by atoms with Crippen LogP contribution >= 0.6 is 11.6 Å². The minimum Gasteiger partial charge on any atom is -0.399 e. The van der Waals surface area contributed by atoms with Gasteiger partial charge in [-0.05, 0) is 29.8 Å². The SMILES string of the molecule is Nc1cccc(-c2cnn(Cc3c(F)cccc3Cl)c2)c1. The van der Waals surface area contributed by atoms with Crippen LogP contribution in [0, 0.1) is 5.82 Å². The van der Waals surface area contributed by atoms with Crippen molar-refractivity contribution in [3.8, 4) is 11.1 Å². The number of hydrogen-bond donors (Lipinski definition) is 1. The zero-order chi connectivity index (χ0) is 14.8. The Balaban J connectivity index is 1.89. The minimum atomic E-state index is -0.330. The summed E-state index contributed by atoms with van der Waals surface area (Å²) in [6.45, 7) is 0.286. The Kier molecular flexibility index (Phi) is 3.62. The molecule has 0 aliphatic carbocycles. The first kappa shape index (κ1) is 13.6. The van der Waals surface area contributed by atoms with Gasteiger partial charge in [-0.3, -0.25) is 4.68 Å². The summed E-state index contributed by atoms with van der Waals surface area (Å²) < 4.78 is 15.4. The Morgan fingerprint density at radius 2 is 1.95 bits per heavy atom. The molecule has 0 saturated carbocycles. The highest BCUT2D eigenvalue weighted by atomic mass is 35.5. The lowest BCUT2D eigenvalue weighted by molar-refractivity contribution is 0.585. The first-order chi connectivity index (χ1) is 10.1. The molecular weight excluding hydrogens is 289 g/mol. The highest BCUT2D eigenvalue weighted by molar-refractivity contribution is 6.31. The van der Waals surface area contributed by atoms with Crippen molar-refractivity contribution in [1.29, 1.82) is 0 Å². The molecule has 0 aliphatic heterocycles. The summed E-state index contributed by atoms with van der Waals surface area (Å²) in [6, 6.07) is 12.2. The van der Waals surface area contributed by atoms with Gasteiger partial charge in [-0.15, -0.1) is 0 Å². The van der Waals surface area contributed by atoms with E-state index in [-0.39, 0.29) is 12.4 Å². The molecule has 0 spiro atoms. The molecule has 1 heterocycles. The molecule has 5 heteroatoms. The van der Waals surface area contributed by atoms with E-state index >= 15 is 0 Å². The number of anilines is 1. The molecule has 0 radical (unpaired) electrons. The second kappa shape index (κ2) is 5.58. The molecule has 2 aromatic carbocycles. The monoisotopic (exact) mass is 301 g/mol. The van der Waals surface area contributed by atoms with Crippen molar-refractivity contribution in [2.24, 2.45) is 0 Å². The number of rotatable bonds is 3. The van der Waals surface area contributed by atoms with Gasteiger partial charge in [0.1, 0.15) is 5.82 Å². The Morgan fingerprint density at radius 1 is 1.14 bits per heavy atom. The van der Waals surface area contributed by atoms with E-state index in [0.717, 1.165) is 11.1 Å². The number of nitrogens with zero attached hydrogens (tertiary/aromatic N) is 2. The maximum Gasteiger partial charge on any atom is 0.129 e. The average molecular weight is 302 g/mol. The van der Waals surface area contributed by atoms with E-state index < -0.39 is 0 Å². The van der Waals surface area contributed by atoms with Crippen LogP contribution in [-0.2, 0) is 6.54 Å². The third-order valence-electron chi connectivity index (χ3n) is 3.24. The van der Waals surface area contributed by atoms with Crippen LogP contribution in [0.3, 0.4) is 0 Å². The third-order valence-corrected chi connectivity index (χ3v) is 3.59. The van der Waals surface area contributed by atoms with E-state index in [4.69, 9.17) is 17.3 Å². The van der Waals surface area contributed by atoms with Crippen LogP contribution in [0.1, 0.15) is 5.56 Å². The second-order valence-electron chi connectivity index (χ2n) is 4.75. The predicted molar refractivity (Wildman–Crippen MR) is 82.6 cm³/mol. The fourth-order valence-corrected chi connectivity index (χ4v) is 2.39. The van der Waals surface area contributed by atoms with Gasteiger partial charge in [0.25, 0.3) is 0 Å². The highest BCUT2D eigenvalue weighted by Crippen LogP contribution is 2.23. The maximum absolute atomic E-state index is 13.8. The van der Waals surface area contributed by atoms with Gasteiger partial charge in [-0.1, -0.05) is 29.8 Å². The van der Waals surface area contributed by atoms with E-state index in [0.29, 0.717) is 16.3 Å². The van der Waals surface area contributed by atoms with Crippen molar-refractivity contribution < 1.29 is 4.39 Å². The molecule has 3 rings (SSSR count). The van der Waals surface area contributed by atoms with Gasteiger partial charge >= 0.3 is 0 Å². The number of benzene rings is 2. The van der Waals surface area contributed by atoms with Gasteiger partial charge in [-0.2, -0.15) is 5.10 Å². The van der Waals surface area contributed by atoms with Crippen molar-refractivity contribution >= 4 is 17.3 Å². The Labute approximate surface area is 126 Å². The number of aromatic nitrogens is 2. The van der Waals surface area contributed by atoms with Crippen LogP contribution in [-0.4, -0.2) is 9.78 Å². The van der Waals surface area contributed by atoms with Gasteiger partial charge in [0.05, 0.1) is 12.7 Å². The van der Waals surface area contributed by atoms with E-state index in [1.807, 2.05) is 30.5 Å². The van der Waals surface area contributed by atoms with Gasteiger partial charge in [0, 0.05) is 28.0 Å². The van der Waals surface area contributed by atoms with Gasteiger partial charge in [-0.25, -0.2) is 4.39 Å². The van der Waals surface area contributed by atoms with E-state index in [1.165, 1.54) is 6.07 Å². The molecule has 21 heavy (non-hydrogen) atoms. The molecule has 0 atom stereocenters. The van der Waals surface area contributed by atoms with Crippen molar-refractivity contribution in [2.75, 3.05) is 5.73 Å². The van der Waals surface area contributed by atoms with Crippen molar-refractivity contribution in [3.63, 3.8) is 0 Å². The number of nitrogens with two attached hydrogens (primary N) is 1. The molecule has 0 unspecified atom stereocenters. The molecule has 106 valence electrons. The minimum absolute atomic E-state index is 0.286. The summed E-state index contributed by atoms with van der Waals surface area (Å²) in [5.41, 5.74) is 8.79. The quantitative estimate of drug-likeness (QED) is 0.744. The molecular formula is C16H13ClFN3. The summed E-state index contributed by atoms with van der Waals surface area (Å²) in [5.74, 6) is -0.330. The van der Waals surface area contributed by atoms with Crippen LogP contribution < -0.4 is 5.73 Å². The standard InChI is InChI=1S/C16H13ClFN3/c17-15-5-2-6-16(18)14(15)10-21-9-12(8-20-21)11-3-1-4-13(19)7-11/h1-9H,10,19H2. The Bertz CT molecular complexity index is 762. The lowest BCUT2D eigenvalue weighted by atomic mass is 10.1. The lowest BCUT2D eigenvalue weighted by Gasteiger charge is -2.05. The maximum atomic E-state index is 13.8. The summed E-state index contributed by atoms with van der Waals surface area (Å²) in [6.07, 6.45) is 3.57. The normalized spacial score (nSPS) is 10.8. The first-order valence-electron chi connectivity index (χ1n) is 6.45. The molecule has 0 bridgehead atoms. The van der Waals surface area contributed by atoms with Crippen molar-refractivity contribution in [1.82, 2.24) is 9.78 Å². The topological polar surface area (TPSA) is 43.8 Å². The summed E-state index contributed by atoms with van der Waals surface area (Å²) >= 11 is 6.03. The van der Waals surface area contributed by atoms with E-state index in [9.17, 15) is 4.39 Å².